The first kappa shape index (κ1) is 15.5. The molecule has 0 aliphatic carbocycles. The molecule has 7 heteroatoms. The van der Waals surface area contributed by atoms with Gasteiger partial charge in [-0.15, -0.1) is 0 Å². The Morgan fingerprint density at radius 2 is 1.70 bits per heavy atom. The molecule has 0 bridgehead atoms. The molecular weight excluding hydrogens is 350 g/mol. The standard InChI is InChI=1S/C20H13NO6/c22-18-12-3-1-2-4-14(12)26-20-13(18)10-17(27-20)19(23)21-11-5-6-15-16(9-11)25-8-7-24-15/h1-6,9-10H,7-8H2,(H,21,23). The van der Waals surface area contributed by atoms with Gasteiger partial charge < -0.3 is 23.6 Å². The van der Waals surface area contributed by atoms with E-state index in [0.29, 0.717) is 41.4 Å². The van der Waals surface area contributed by atoms with Crippen LogP contribution in [0, 0.1) is 0 Å². The van der Waals surface area contributed by atoms with Gasteiger partial charge in [0.25, 0.3) is 5.91 Å². The highest BCUT2D eigenvalue weighted by Crippen LogP contribution is 2.33. The molecule has 7 nitrogen and oxygen atoms in total. The van der Waals surface area contributed by atoms with E-state index < -0.39 is 5.91 Å². The molecule has 134 valence electrons. The molecule has 0 unspecified atom stereocenters. The van der Waals surface area contributed by atoms with Crippen LogP contribution in [0.5, 0.6) is 11.5 Å². The summed E-state index contributed by atoms with van der Waals surface area (Å²) in [7, 11) is 0. The summed E-state index contributed by atoms with van der Waals surface area (Å²) >= 11 is 0. The van der Waals surface area contributed by atoms with Crippen LogP contribution in [-0.2, 0) is 0 Å². The second kappa shape index (κ2) is 5.91. The molecule has 4 aromatic rings. The highest BCUT2D eigenvalue weighted by Gasteiger charge is 2.19. The fourth-order valence-electron chi connectivity index (χ4n) is 3.02. The van der Waals surface area contributed by atoms with Gasteiger partial charge in [-0.25, -0.2) is 0 Å². The molecule has 0 spiro atoms. The lowest BCUT2D eigenvalue weighted by Gasteiger charge is -2.18. The van der Waals surface area contributed by atoms with Gasteiger partial charge in [-0.05, 0) is 24.3 Å². The lowest BCUT2D eigenvalue weighted by atomic mass is 10.2. The molecular formula is C20H13NO6. The summed E-state index contributed by atoms with van der Waals surface area (Å²) in [4.78, 5) is 25.1. The highest BCUT2D eigenvalue weighted by atomic mass is 16.6. The number of fused-ring (bicyclic) bond motifs is 3. The molecule has 0 atom stereocenters. The zero-order valence-electron chi connectivity index (χ0n) is 14.0. The maximum Gasteiger partial charge on any atom is 0.302 e. The van der Waals surface area contributed by atoms with Gasteiger partial charge in [-0.1, -0.05) is 12.1 Å². The molecule has 27 heavy (non-hydrogen) atoms. The summed E-state index contributed by atoms with van der Waals surface area (Å²) in [6, 6.07) is 13.3. The Morgan fingerprint density at radius 1 is 0.889 bits per heavy atom. The zero-order valence-corrected chi connectivity index (χ0v) is 14.0. The smallest absolute Gasteiger partial charge is 0.302 e. The topological polar surface area (TPSA) is 90.9 Å². The van der Waals surface area contributed by atoms with Crippen molar-refractivity contribution in [2.45, 2.75) is 0 Å². The summed E-state index contributed by atoms with van der Waals surface area (Å²) < 4.78 is 22.0. The molecule has 3 heterocycles. The molecule has 1 aliphatic heterocycles. The van der Waals surface area contributed by atoms with Crippen LogP contribution in [0.3, 0.4) is 0 Å². The summed E-state index contributed by atoms with van der Waals surface area (Å²) in [6.45, 7) is 0.947. The fraction of sp³-hybridized carbons (Fsp3) is 0.100. The van der Waals surface area contributed by atoms with Gasteiger partial charge in [0.1, 0.15) is 24.2 Å². The Kier molecular flexibility index (Phi) is 3.39. The second-order valence-electron chi connectivity index (χ2n) is 6.05. The summed E-state index contributed by atoms with van der Waals surface area (Å²) in [6.07, 6.45) is 0. The second-order valence-corrected chi connectivity index (χ2v) is 6.05. The fourth-order valence-corrected chi connectivity index (χ4v) is 3.02. The van der Waals surface area contributed by atoms with Crippen LogP contribution in [0.15, 0.2) is 62.2 Å². The van der Waals surface area contributed by atoms with Crippen LogP contribution in [0.2, 0.25) is 0 Å². The number of rotatable bonds is 2. The van der Waals surface area contributed by atoms with Crippen molar-refractivity contribution in [2.24, 2.45) is 0 Å². The predicted octanol–water partition coefficient (Wildman–Crippen LogP) is 3.56. The van der Waals surface area contributed by atoms with E-state index in [1.165, 1.54) is 6.07 Å². The van der Waals surface area contributed by atoms with Crippen molar-refractivity contribution < 1.29 is 23.1 Å². The first-order valence-corrected chi connectivity index (χ1v) is 8.35. The zero-order chi connectivity index (χ0) is 18.4. The molecule has 1 N–H and O–H groups in total. The van der Waals surface area contributed by atoms with E-state index in [1.54, 1.807) is 42.5 Å². The summed E-state index contributed by atoms with van der Waals surface area (Å²) in [5, 5.41) is 3.38. The minimum atomic E-state index is -0.499. The number of amides is 1. The van der Waals surface area contributed by atoms with Crippen LogP contribution in [0.25, 0.3) is 22.1 Å². The van der Waals surface area contributed by atoms with Crippen molar-refractivity contribution in [1.82, 2.24) is 0 Å². The molecule has 0 saturated carbocycles. The molecule has 0 saturated heterocycles. The molecule has 2 aromatic carbocycles. The number of anilines is 1. The molecule has 0 fully saturated rings. The van der Waals surface area contributed by atoms with Gasteiger partial charge in [0.05, 0.1) is 5.39 Å². The van der Waals surface area contributed by atoms with Crippen LogP contribution in [0.1, 0.15) is 10.6 Å². The Labute approximate surface area is 152 Å². The normalized spacial score (nSPS) is 13.0. The van der Waals surface area contributed by atoms with Crippen molar-refractivity contribution in [3.8, 4) is 11.5 Å². The van der Waals surface area contributed by atoms with Gasteiger partial charge in [0.2, 0.25) is 5.43 Å². The van der Waals surface area contributed by atoms with Gasteiger partial charge in [-0.3, -0.25) is 9.59 Å². The Bertz CT molecular complexity index is 1250. The van der Waals surface area contributed by atoms with Crippen molar-refractivity contribution in [3.05, 3.63) is 64.5 Å². The van der Waals surface area contributed by atoms with E-state index in [-0.39, 0.29) is 22.4 Å². The maximum absolute atomic E-state index is 12.6. The summed E-state index contributed by atoms with van der Waals surface area (Å²) in [5.74, 6) is 0.694. The highest BCUT2D eigenvalue weighted by molar-refractivity contribution is 6.05. The van der Waals surface area contributed by atoms with Crippen LogP contribution in [-0.4, -0.2) is 19.1 Å². The Balaban J connectivity index is 1.50. The first-order chi connectivity index (χ1) is 13.2. The molecule has 0 radical (unpaired) electrons. The predicted molar refractivity (Wildman–Crippen MR) is 97.6 cm³/mol. The van der Waals surface area contributed by atoms with Crippen LogP contribution >= 0.6 is 0 Å². The number of carbonyl (C=O) groups is 1. The minimum absolute atomic E-state index is 0.0176. The van der Waals surface area contributed by atoms with Crippen LogP contribution < -0.4 is 20.2 Å². The summed E-state index contributed by atoms with van der Waals surface area (Å²) in [5.41, 5.74) is 0.686. The van der Waals surface area contributed by atoms with Crippen molar-refractivity contribution in [3.63, 3.8) is 0 Å². The third-order valence-electron chi connectivity index (χ3n) is 4.30. The van der Waals surface area contributed by atoms with Crippen molar-refractivity contribution in [2.75, 3.05) is 18.5 Å². The van der Waals surface area contributed by atoms with E-state index in [4.69, 9.17) is 18.3 Å². The van der Waals surface area contributed by atoms with Crippen molar-refractivity contribution in [1.29, 1.82) is 0 Å². The number of carbonyl (C=O) groups excluding carboxylic acids is 1. The number of benzene rings is 2. The average Bonchev–Trinajstić information content (AvgIpc) is 3.13. The third kappa shape index (κ3) is 2.60. The van der Waals surface area contributed by atoms with E-state index >= 15 is 0 Å². The maximum atomic E-state index is 12.6. The monoisotopic (exact) mass is 363 g/mol. The van der Waals surface area contributed by atoms with Crippen molar-refractivity contribution >= 4 is 33.7 Å². The number of hydrogen-bond acceptors (Lipinski definition) is 6. The molecule has 2 aromatic heterocycles. The molecule has 1 aliphatic rings. The number of ether oxygens (including phenoxy) is 2. The van der Waals surface area contributed by atoms with E-state index in [2.05, 4.69) is 5.32 Å². The van der Waals surface area contributed by atoms with Crippen LogP contribution in [0.4, 0.5) is 5.69 Å². The number of hydrogen-bond donors (Lipinski definition) is 1. The first-order valence-electron chi connectivity index (χ1n) is 8.35. The minimum Gasteiger partial charge on any atom is -0.486 e. The third-order valence-corrected chi connectivity index (χ3v) is 4.30. The average molecular weight is 363 g/mol. The number of para-hydroxylation sites is 1. The molecule has 1 amide bonds. The van der Waals surface area contributed by atoms with Gasteiger partial charge in [-0.2, -0.15) is 0 Å². The van der Waals surface area contributed by atoms with E-state index in [9.17, 15) is 9.59 Å². The van der Waals surface area contributed by atoms with E-state index in [0.717, 1.165) is 0 Å². The van der Waals surface area contributed by atoms with Gasteiger partial charge >= 0.3 is 5.78 Å². The van der Waals surface area contributed by atoms with E-state index in [1.807, 2.05) is 0 Å². The lowest BCUT2D eigenvalue weighted by Crippen LogP contribution is -2.16. The molecule has 5 rings (SSSR count). The quantitative estimate of drug-likeness (QED) is 0.585. The Hall–Kier alpha value is -3.74. The SMILES string of the molecule is O=C(Nc1ccc2c(c1)OCCO2)c1cc2c(=O)c3ccccc3oc2o1. The largest absolute Gasteiger partial charge is 0.486 e. The number of furan rings is 1. The van der Waals surface area contributed by atoms with Gasteiger partial charge in [0.15, 0.2) is 17.3 Å². The Morgan fingerprint density at radius 3 is 2.59 bits per heavy atom. The lowest BCUT2D eigenvalue weighted by molar-refractivity contribution is 0.0997. The number of nitrogens with one attached hydrogen (secondary N) is 1. The van der Waals surface area contributed by atoms with Gasteiger partial charge in [0, 0.05) is 17.8 Å².